The van der Waals surface area contributed by atoms with Crippen LogP contribution >= 0.6 is 0 Å². The number of hydrogen-bond donors (Lipinski definition) is 0. The largest absolute Gasteiger partial charge is 0.497 e. The average molecular weight is 363 g/mol. The van der Waals surface area contributed by atoms with Crippen molar-refractivity contribution < 1.29 is 23.8 Å². The normalized spacial score (nSPS) is 16.2. The molecule has 1 atom stereocenters. The minimum absolute atomic E-state index is 0.261. The van der Waals surface area contributed by atoms with Gasteiger partial charge in [0, 0.05) is 17.4 Å². The molecule has 2 heterocycles. The van der Waals surface area contributed by atoms with Gasteiger partial charge in [-0.15, -0.1) is 0 Å². The standard InChI is InChI=1S/C21H17NO5/c1-25-14-7-8-17-15(11-14)16(20(23)27-19-9-10-26-21(19)24)12-18(22-17)13-5-3-2-4-6-13/h2-8,11-12,19H,9-10H2,1H3/t19-/m1/s1. The Morgan fingerprint density at radius 3 is 2.67 bits per heavy atom. The summed E-state index contributed by atoms with van der Waals surface area (Å²) in [6.07, 6.45) is -0.505. The molecule has 1 aliphatic heterocycles. The van der Waals surface area contributed by atoms with Gasteiger partial charge in [0.05, 0.1) is 30.5 Å². The molecule has 1 fully saturated rings. The Morgan fingerprint density at radius 2 is 1.96 bits per heavy atom. The smallest absolute Gasteiger partial charge is 0.347 e. The van der Waals surface area contributed by atoms with E-state index in [2.05, 4.69) is 4.98 Å². The van der Waals surface area contributed by atoms with Crippen LogP contribution in [0.25, 0.3) is 22.2 Å². The van der Waals surface area contributed by atoms with Gasteiger partial charge in [0.1, 0.15) is 5.75 Å². The highest BCUT2D eigenvalue weighted by atomic mass is 16.6. The van der Waals surface area contributed by atoms with Gasteiger partial charge in [0.15, 0.2) is 0 Å². The van der Waals surface area contributed by atoms with Crippen LogP contribution in [0, 0.1) is 0 Å². The number of carbonyl (C=O) groups is 2. The molecule has 4 rings (SSSR count). The second kappa shape index (κ2) is 7.07. The van der Waals surface area contributed by atoms with Gasteiger partial charge >= 0.3 is 11.9 Å². The van der Waals surface area contributed by atoms with E-state index in [-0.39, 0.29) is 6.61 Å². The molecule has 6 heteroatoms. The lowest BCUT2D eigenvalue weighted by molar-refractivity contribution is -0.145. The zero-order chi connectivity index (χ0) is 18.8. The van der Waals surface area contributed by atoms with Gasteiger partial charge in [-0.1, -0.05) is 30.3 Å². The molecule has 0 bridgehead atoms. The zero-order valence-electron chi connectivity index (χ0n) is 14.7. The predicted octanol–water partition coefficient (Wildman–Crippen LogP) is 3.38. The Labute approximate surface area is 155 Å². The summed E-state index contributed by atoms with van der Waals surface area (Å²) in [5.74, 6) is -0.495. The Hall–Kier alpha value is -3.41. The van der Waals surface area contributed by atoms with E-state index in [1.807, 2.05) is 30.3 Å². The van der Waals surface area contributed by atoms with Crippen LogP contribution in [0.15, 0.2) is 54.6 Å². The number of rotatable bonds is 4. The summed E-state index contributed by atoms with van der Waals surface area (Å²) in [7, 11) is 1.56. The fraction of sp³-hybridized carbons (Fsp3) is 0.190. The quantitative estimate of drug-likeness (QED) is 0.662. The summed E-state index contributed by atoms with van der Waals surface area (Å²) in [4.78, 5) is 29.2. The number of esters is 2. The fourth-order valence-corrected chi connectivity index (χ4v) is 3.03. The molecule has 0 spiro atoms. The van der Waals surface area contributed by atoms with E-state index < -0.39 is 18.0 Å². The summed E-state index contributed by atoms with van der Waals surface area (Å²) in [5, 5.41) is 0.602. The van der Waals surface area contributed by atoms with Crippen molar-refractivity contribution >= 4 is 22.8 Å². The highest BCUT2D eigenvalue weighted by Crippen LogP contribution is 2.29. The van der Waals surface area contributed by atoms with Crippen molar-refractivity contribution in [1.29, 1.82) is 0 Å². The van der Waals surface area contributed by atoms with Gasteiger partial charge in [0.25, 0.3) is 0 Å². The number of fused-ring (bicyclic) bond motifs is 1. The number of ether oxygens (including phenoxy) is 3. The van der Waals surface area contributed by atoms with E-state index in [4.69, 9.17) is 14.2 Å². The Bertz CT molecular complexity index is 1020. The predicted molar refractivity (Wildman–Crippen MR) is 98.5 cm³/mol. The third-order valence-corrected chi connectivity index (χ3v) is 4.44. The first-order valence-corrected chi connectivity index (χ1v) is 8.57. The van der Waals surface area contributed by atoms with E-state index >= 15 is 0 Å². The molecule has 27 heavy (non-hydrogen) atoms. The molecule has 136 valence electrons. The van der Waals surface area contributed by atoms with Gasteiger partial charge in [-0.2, -0.15) is 0 Å². The van der Waals surface area contributed by atoms with Crippen molar-refractivity contribution in [2.45, 2.75) is 12.5 Å². The third kappa shape index (κ3) is 3.33. The summed E-state index contributed by atoms with van der Waals surface area (Å²) in [5.41, 5.74) is 2.49. The second-order valence-corrected chi connectivity index (χ2v) is 6.15. The van der Waals surface area contributed by atoms with Gasteiger partial charge in [0.2, 0.25) is 6.10 Å². The average Bonchev–Trinajstić information content (AvgIpc) is 3.11. The van der Waals surface area contributed by atoms with Gasteiger partial charge in [-0.3, -0.25) is 0 Å². The van der Waals surface area contributed by atoms with E-state index in [9.17, 15) is 9.59 Å². The first-order chi connectivity index (χ1) is 13.2. The van der Waals surface area contributed by atoms with Crippen molar-refractivity contribution in [1.82, 2.24) is 4.98 Å². The van der Waals surface area contributed by atoms with E-state index in [1.165, 1.54) is 0 Å². The molecule has 0 saturated carbocycles. The van der Waals surface area contributed by atoms with Crippen LogP contribution in [0.5, 0.6) is 5.75 Å². The Kier molecular flexibility index (Phi) is 4.46. The Morgan fingerprint density at radius 1 is 1.15 bits per heavy atom. The molecule has 1 saturated heterocycles. The minimum atomic E-state index is -0.869. The monoisotopic (exact) mass is 363 g/mol. The number of methoxy groups -OCH3 is 1. The van der Waals surface area contributed by atoms with Crippen molar-refractivity contribution in [3.8, 4) is 17.0 Å². The molecule has 0 radical (unpaired) electrons. The van der Waals surface area contributed by atoms with Crippen LogP contribution in [-0.2, 0) is 14.3 Å². The molecule has 0 amide bonds. The lowest BCUT2D eigenvalue weighted by atomic mass is 10.0. The second-order valence-electron chi connectivity index (χ2n) is 6.15. The van der Waals surface area contributed by atoms with E-state index in [0.717, 1.165) is 5.56 Å². The first kappa shape index (κ1) is 17.0. The highest BCUT2D eigenvalue weighted by Gasteiger charge is 2.31. The van der Waals surface area contributed by atoms with Crippen molar-refractivity contribution in [2.24, 2.45) is 0 Å². The summed E-state index contributed by atoms with van der Waals surface area (Å²) in [6, 6.07) is 16.6. The summed E-state index contributed by atoms with van der Waals surface area (Å²) >= 11 is 0. The molecule has 0 aliphatic carbocycles. The van der Waals surface area contributed by atoms with Gasteiger partial charge < -0.3 is 14.2 Å². The number of nitrogens with zero attached hydrogens (tertiary/aromatic N) is 1. The molecule has 0 N–H and O–H groups in total. The van der Waals surface area contributed by atoms with Gasteiger partial charge in [-0.05, 0) is 24.3 Å². The van der Waals surface area contributed by atoms with Crippen molar-refractivity contribution in [3.63, 3.8) is 0 Å². The fourth-order valence-electron chi connectivity index (χ4n) is 3.03. The lowest BCUT2D eigenvalue weighted by Gasteiger charge is -2.13. The number of benzene rings is 2. The van der Waals surface area contributed by atoms with Crippen LogP contribution < -0.4 is 4.74 Å². The van der Waals surface area contributed by atoms with Crippen LogP contribution in [-0.4, -0.2) is 36.7 Å². The SMILES string of the molecule is COc1ccc2nc(-c3ccccc3)cc(C(=O)O[C@@H]3CCOC3=O)c2c1. The number of cyclic esters (lactones) is 1. The maximum Gasteiger partial charge on any atom is 0.347 e. The maximum atomic E-state index is 12.8. The van der Waals surface area contributed by atoms with Crippen LogP contribution in [0.4, 0.5) is 0 Å². The van der Waals surface area contributed by atoms with Crippen LogP contribution in [0.3, 0.4) is 0 Å². The molecular weight excluding hydrogens is 346 g/mol. The molecule has 2 aromatic carbocycles. The zero-order valence-corrected chi connectivity index (χ0v) is 14.7. The van der Waals surface area contributed by atoms with Crippen LogP contribution in [0.1, 0.15) is 16.8 Å². The molecule has 1 aromatic heterocycles. The van der Waals surface area contributed by atoms with E-state index in [0.29, 0.717) is 34.3 Å². The lowest BCUT2D eigenvalue weighted by Crippen LogP contribution is -2.23. The molecule has 1 aliphatic rings. The van der Waals surface area contributed by atoms with Crippen molar-refractivity contribution in [3.05, 3.63) is 60.2 Å². The van der Waals surface area contributed by atoms with Crippen LogP contribution in [0.2, 0.25) is 0 Å². The summed E-state index contributed by atoms with van der Waals surface area (Å²) in [6.45, 7) is 0.261. The minimum Gasteiger partial charge on any atom is -0.497 e. The third-order valence-electron chi connectivity index (χ3n) is 4.44. The first-order valence-electron chi connectivity index (χ1n) is 8.57. The molecule has 6 nitrogen and oxygen atoms in total. The summed E-state index contributed by atoms with van der Waals surface area (Å²) < 4.78 is 15.5. The molecule has 3 aromatic rings. The number of carbonyl (C=O) groups excluding carboxylic acids is 2. The van der Waals surface area contributed by atoms with Gasteiger partial charge in [-0.25, -0.2) is 14.6 Å². The number of hydrogen-bond acceptors (Lipinski definition) is 6. The maximum absolute atomic E-state index is 12.8. The number of aromatic nitrogens is 1. The van der Waals surface area contributed by atoms with Crippen molar-refractivity contribution in [2.75, 3.05) is 13.7 Å². The number of pyridine rings is 1. The molecular formula is C21H17NO5. The topological polar surface area (TPSA) is 74.7 Å². The molecule has 0 unspecified atom stereocenters. The Balaban J connectivity index is 1.82. The highest BCUT2D eigenvalue weighted by molar-refractivity contribution is 6.05. The van der Waals surface area contributed by atoms with E-state index in [1.54, 1.807) is 31.4 Å².